The highest BCUT2D eigenvalue weighted by atomic mass is 79.9. The van der Waals surface area contributed by atoms with Crippen LogP contribution in [0, 0.1) is 5.92 Å². The van der Waals surface area contributed by atoms with Crippen LogP contribution in [0.1, 0.15) is 32.1 Å². The average Bonchev–Trinajstić information content (AvgIpc) is 2.03. The zero-order valence-electron chi connectivity index (χ0n) is 6.60. The van der Waals surface area contributed by atoms with Crippen LogP contribution in [0.2, 0.25) is 0 Å². The lowest BCUT2D eigenvalue weighted by molar-refractivity contribution is 0.419. The molecule has 0 saturated heterocycles. The van der Waals surface area contributed by atoms with Gasteiger partial charge in [-0.1, -0.05) is 31.3 Å². The van der Waals surface area contributed by atoms with Gasteiger partial charge in [0.25, 0.3) is 0 Å². The molecular weight excluding hydrogens is 267 g/mol. The molecule has 11 heavy (non-hydrogen) atoms. The second-order valence-electron chi connectivity index (χ2n) is 3.12. The standard InChI is InChI=1S/C8H13BBr2/c10-9(11)7-6-8-4-2-1-3-5-8/h6-8H,1-5H2/b7-6+. The quantitative estimate of drug-likeness (QED) is 0.672. The van der Waals surface area contributed by atoms with Crippen molar-refractivity contribution in [3.8, 4) is 0 Å². The van der Waals surface area contributed by atoms with Crippen molar-refractivity contribution < 1.29 is 0 Å². The van der Waals surface area contributed by atoms with Crippen molar-refractivity contribution in [3.63, 3.8) is 0 Å². The van der Waals surface area contributed by atoms with Crippen molar-refractivity contribution in [1.82, 2.24) is 0 Å². The van der Waals surface area contributed by atoms with E-state index in [4.69, 9.17) is 0 Å². The minimum absolute atomic E-state index is 0.358. The van der Waals surface area contributed by atoms with Gasteiger partial charge in [-0.05, 0) is 18.8 Å². The molecule has 0 aromatic heterocycles. The predicted octanol–water partition coefficient (Wildman–Crippen LogP) is 3.94. The van der Waals surface area contributed by atoms with E-state index < -0.39 is 0 Å². The SMILES string of the molecule is BrB(Br)/C=C/C1CCCCC1. The van der Waals surface area contributed by atoms with Gasteiger partial charge in [0, 0.05) is 0 Å². The van der Waals surface area contributed by atoms with Gasteiger partial charge in [-0.3, -0.25) is 0 Å². The van der Waals surface area contributed by atoms with Gasteiger partial charge in [-0.25, -0.2) is 0 Å². The van der Waals surface area contributed by atoms with E-state index in [1.807, 2.05) is 0 Å². The van der Waals surface area contributed by atoms with Crippen LogP contribution in [0.25, 0.3) is 0 Å². The molecule has 3 heteroatoms. The van der Waals surface area contributed by atoms with Crippen LogP contribution < -0.4 is 0 Å². The van der Waals surface area contributed by atoms with Crippen molar-refractivity contribution in [2.24, 2.45) is 5.92 Å². The Morgan fingerprint density at radius 1 is 1.09 bits per heavy atom. The van der Waals surface area contributed by atoms with Gasteiger partial charge < -0.3 is 0 Å². The van der Waals surface area contributed by atoms with Crippen molar-refractivity contribution in [2.45, 2.75) is 32.1 Å². The Morgan fingerprint density at radius 3 is 2.27 bits per heavy atom. The van der Waals surface area contributed by atoms with E-state index in [0.29, 0.717) is 4.36 Å². The Kier molecular flexibility index (Phi) is 4.85. The Balaban J connectivity index is 2.23. The van der Waals surface area contributed by atoms with Crippen LogP contribution in [0.5, 0.6) is 0 Å². The van der Waals surface area contributed by atoms with Gasteiger partial charge in [0.05, 0.1) is 0 Å². The highest BCUT2D eigenvalue weighted by molar-refractivity contribution is 9.49. The molecule has 0 nitrogen and oxygen atoms in total. The maximum Gasteiger partial charge on any atom is 0.322 e. The molecular formula is C8H13BBr2. The molecule has 62 valence electrons. The van der Waals surface area contributed by atoms with Crippen LogP contribution >= 0.6 is 31.5 Å². The van der Waals surface area contributed by atoms with Crippen LogP contribution in [-0.2, 0) is 0 Å². The Morgan fingerprint density at radius 2 is 1.73 bits per heavy atom. The van der Waals surface area contributed by atoms with Gasteiger partial charge in [-0.15, -0.1) is 31.5 Å². The summed E-state index contributed by atoms with van der Waals surface area (Å²) in [5, 5.41) is 0. The van der Waals surface area contributed by atoms with Gasteiger partial charge >= 0.3 is 4.36 Å². The molecule has 0 unspecified atom stereocenters. The van der Waals surface area contributed by atoms with Gasteiger partial charge in [0.2, 0.25) is 0 Å². The highest BCUT2D eigenvalue weighted by Gasteiger charge is 2.10. The summed E-state index contributed by atoms with van der Waals surface area (Å²) in [5.74, 6) is 3.04. The summed E-state index contributed by atoms with van der Waals surface area (Å²) in [6.45, 7) is 0. The molecule has 1 rings (SSSR count). The van der Waals surface area contributed by atoms with E-state index in [1.165, 1.54) is 32.1 Å². The van der Waals surface area contributed by atoms with E-state index in [2.05, 4.69) is 43.6 Å². The minimum atomic E-state index is 0.358. The lowest BCUT2D eigenvalue weighted by atomic mass is 9.88. The van der Waals surface area contributed by atoms with E-state index in [1.54, 1.807) is 0 Å². The Hall–Kier alpha value is 0.765. The molecule has 0 heterocycles. The normalized spacial score (nSPS) is 20.9. The van der Waals surface area contributed by atoms with Crippen LogP contribution in [0.15, 0.2) is 12.1 Å². The first kappa shape index (κ1) is 9.85. The monoisotopic (exact) mass is 278 g/mol. The lowest BCUT2D eigenvalue weighted by Gasteiger charge is -2.17. The summed E-state index contributed by atoms with van der Waals surface area (Å²) in [6.07, 6.45) is 9.41. The van der Waals surface area contributed by atoms with E-state index in [-0.39, 0.29) is 0 Å². The zero-order chi connectivity index (χ0) is 8.10. The lowest BCUT2D eigenvalue weighted by Crippen LogP contribution is -2.03. The smallest absolute Gasteiger partial charge is 0.133 e. The first-order valence-corrected chi connectivity index (χ1v) is 6.08. The molecule has 0 radical (unpaired) electrons. The fraction of sp³-hybridized carbons (Fsp3) is 0.750. The van der Waals surface area contributed by atoms with Gasteiger partial charge in [-0.2, -0.15) is 0 Å². The second-order valence-corrected chi connectivity index (χ2v) is 6.32. The molecule has 1 aliphatic carbocycles. The topological polar surface area (TPSA) is 0 Å². The number of rotatable bonds is 2. The zero-order valence-corrected chi connectivity index (χ0v) is 9.77. The fourth-order valence-corrected chi connectivity index (χ4v) is 1.92. The molecule has 0 amide bonds. The largest absolute Gasteiger partial charge is 0.322 e. The second kappa shape index (κ2) is 5.42. The number of hydrogen-bond donors (Lipinski definition) is 0. The fourth-order valence-electron chi connectivity index (χ4n) is 1.57. The van der Waals surface area contributed by atoms with E-state index >= 15 is 0 Å². The van der Waals surface area contributed by atoms with Crippen molar-refractivity contribution in [3.05, 3.63) is 12.1 Å². The summed E-state index contributed by atoms with van der Waals surface area (Å²) in [4.78, 5) is 0. The molecule has 1 fully saturated rings. The third-order valence-corrected chi connectivity index (χ3v) is 2.79. The van der Waals surface area contributed by atoms with Crippen LogP contribution in [0.4, 0.5) is 0 Å². The van der Waals surface area contributed by atoms with Crippen LogP contribution in [0.3, 0.4) is 0 Å². The third-order valence-electron chi connectivity index (χ3n) is 2.18. The maximum absolute atomic E-state index is 3.43. The average molecular weight is 280 g/mol. The summed E-state index contributed by atoms with van der Waals surface area (Å²) in [7, 11) is 0. The molecule has 0 aromatic rings. The van der Waals surface area contributed by atoms with Gasteiger partial charge in [0.1, 0.15) is 0 Å². The maximum atomic E-state index is 3.43. The summed E-state index contributed by atoms with van der Waals surface area (Å²) in [5.41, 5.74) is 0. The number of halogens is 2. The van der Waals surface area contributed by atoms with E-state index in [0.717, 1.165) is 5.92 Å². The summed E-state index contributed by atoms with van der Waals surface area (Å²) < 4.78 is 0.358. The first-order valence-electron chi connectivity index (χ1n) is 4.25. The summed E-state index contributed by atoms with van der Waals surface area (Å²) >= 11 is 6.86. The molecule has 1 saturated carbocycles. The first-order chi connectivity index (χ1) is 5.29. The predicted molar refractivity (Wildman–Crippen MR) is 59.3 cm³/mol. The Bertz CT molecular complexity index is 128. The molecule has 0 spiro atoms. The Labute approximate surface area is 85.8 Å². The molecule has 0 atom stereocenters. The van der Waals surface area contributed by atoms with Crippen molar-refractivity contribution in [1.29, 1.82) is 0 Å². The third kappa shape index (κ3) is 4.36. The molecule has 0 N–H and O–H groups in total. The number of hydrogen-bond acceptors (Lipinski definition) is 0. The highest BCUT2D eigenvalue weighted by Crippen LogP contribution is 2.24. The summed E-state index contributed by atoms with van der Waals surface area (Å²) in [6, 6.07) is 0. The van der Waals surface area contributed by atoms with Gasteiger partial charge in [0.15, 0.2) is 0 Å². The van der Waals surface area contributed by atoms with E-state index in [9.17, 15) is 0 Å². The molecule has 0 aromatic carbocycles. The van der Waals surface area contributed by atoms with Crippen molar-refractivity contribution >= 4 is 35.9 Å². The number of allylic oxidation sites excluding steroid dienone is 1. The minimum Gasteiger partial charge on any atom is -0.133 e. The molecule has 0 aliphatic heterocycles. The molecule has 1 aliphatic rings. The van der Waals surface area contributed by atoms with Crippen LogP contribution in [-0.4, -0.2) is 4.36 Å². The molecule has 0 bridgehead atoms. The van der Waals surface area contributed by atoms with Crippen molar-refractivity contribution in [2.75, 3.05) is 0 Å².